The Balaban J connectivity index is 1.72. The van der Waals surface area contributed by atoms with E-state index in [9.17, 15) is 9.59 Å². The Morgan fingerprint density at radius 2 is 1.86 bits per heavy atom. The van der Waals surface area contributed by atoms with Gasteiger partial charge in [0, 0.05) is 5.56 Å². The van der Waals surface area contributed by atoms with E-state index in [0.29, 0.717) is 41.8 Å². The molecule has 0 spiro atoms. The lowest BCUT2D eigenvalue weighted by atomic mass is 10.1. The van der Waals surface area contributed by atoms with Gasteiger partial charge in [-0.3, -0.25) is 4.79 Å². The normalized spacial score (nSPS) is 13.8. The Bertz CT molecular complexity index is 882. The average molecular weight is 384 g/mol. The van der Waals surface area contributed by atoms with E-state index in [1.165, 1.54) is 13.0 Å². The summed E-state index contributed by atoms with van der Waals surface area (Å²) in [5.41, 5.74) is 1.20. The maximum Gasteiger partial charge on any atom is 0.344 e. The average Bonchev–Trinajstić information content (AvgIpc) is 2.71. The van der Waals surface area contributed by atoms with Crippen molar-refractivity contribution in [3.63, 3.8) is 0 Å². The third-order valence-electron chi connectivity index (χ3n) is 4.08. The van der Waals surface area contributed by atoms with E-state index in [2.05, 4.69) is 0 Å². The van der Waals surface area contributed by atoms with Crippen LogP contribution in [-0.4, -0.2) is 43.3 Å². The molecule has 28 heavy (non-hydrogen) atoms. The number of benzene rings is 2. The van der Waals surface area contributed by atoms with Crippen LogP contribution in [0.1, 0.15) is 22.8 Å². The molecule has 2 aromatic carbocycles. The van der Waals surface area contributed by atoms with E-state index in [4.69, 9.17) is 24.1 Å². The zero-order valence-corrected chi connectivity index (χ0v) is 15.5. The number of carbonyl (C=O) groups excluding carboxylic acids is 1. The summed E-state index contributed by atoms with van der Waals surface area (Å²) >= 11 is 0. The summed E-state index contributed by atoms with van der Waals surface area (Å²) in [7, 11) is 1.54. The molecule has 0 saturated carbocycles. The minimum atomic E-state index is -1.06. The third kappa shape index (κ3) is 4.43. The maximum absolute atomic E-state index is 12.4. The fourth-order valence-electron chi connectivity index (χ4n) is 2.61. The molecule has 0 saturated heterocycles. The van der Waals surface area contributed by atoms with E-state index in [0.717, 1.165) is 5.56 Å². The lowest BCUT2D eigenvalue weighted by molar-refractivity contribution is -0.144. The molecule has 1 heterocycles. The number of carboxylic acids is 1. The second-order valence-electron chi connectivity index (χ2n) is 6.07. The highest BCUT2D eigenvalue weighted by Gasteiger charge is 2.18. The highest BCUT2D eigenvalue weighted by molar-refractivity contribution is 6.06. The van der Waals surface area contributed by atoms with Gasteiger partial charge in [-0.25, -0.2) is 4.79 Å². The van der Waals surface area contributed by atoms with Gasteiger partial charge >= 0.3 is 5.97 Å². The van der Waals surface area contributed by atoms with Gasteiger partial charge in [-0.2, -0.15) is 0 Å². The molecule has 7 nitrogen and oxygen atoms in total. The number of ketones is 1. The SMILES string of the molecule is COc1cc(/C=C/C(=O)c2ccc(OC(C)C(=O)O)cc2)cc2c1OCCO2. The summed E-state index contributed by atoms with van der Waals surface area (Å²) in [6, 6.07) is 9.84. The van der Waals surface area contributed by atoms with Crippen molar-refractivity contribution in [2.24, 2.45) is 0 Å². The van der Waals surface area contributed by atoms with Crippen LogP contribution in [-0.2, 0) is 4.79 Å². The molecule has 0 radical (unpaired) electrons. The van der Waals surface area contributed by atoms with E-state index in [1.807, 2.05) is 0 Å². The van der Waals surface area contributed by atoms with E-state index >= 15 is 0 Å². The van der Waals surface area contributed by atoms with Crippen molar-refractivity contribution in [2.45, 2.75) is 13.0 Å². The molecule has 146 valence electrons. The number of aliphatic carboxylic acids is 1. The second-order valence-corrected chi connectivity index (χ2v) is 6.07. The number of ether oxygens (including phenoxy) is 4. The summed E-state index contributed by atoms with van der Waals surface area (Å²) < 4.78 is 21.7. The zero-order chi connectivity index (χ0) is 20.1. The Morgan fingerprint density at radius 3 is 2.54 bits per heavy atom. The monoisotopic (exact) mass is 384 g/mol. The van der Waals surface area contributed by atoms with Crippen molar-refractivity contribution >= 4 is 17.8 Å². The van der Waals surface area contributed by atoms with Crippen LogP contribution in [0.5, 0.6) is 23.0 Å². The van der Waals surface area contributed by atoms with Crippen molar-refractivity contribution in [3.8, 4) is 23.0 Å². The van der Waals surface area contributed by atoms with Gasteiger partial charge in [0.1, 0.15) is 19.0 Å². The fourth-order valence-corrected chi connectivity index (χ4v) is 2.61. The summed E-state index contributed by atoms with van der Waals surface area (Å²) in [6.07, 6.45) is 2.15. The van der Waals surface area contributed by atoms with E-state index in [-0.39, 0.29) is 5.78 Å². The molecule has 1 N–H and O–H groups in total. The Labute approximate surface area is 162 Å². The largest absolute Gasteiger partial charge is 0.493 e. The predicted molar refractivity (Wildman–Crippen MR) is 102 cm³/mol. The van der Waals surface area contributed by atoms with Gasteiger partial charge in [0.05, 0.1) is 7.11 Å². The number of fused-ring (bicyclic) bond motifs is 1. The molecule has 1 unspecified atom stereocenters. The second kappa shape index (κ2) is 8.47. The Kier molecular flexibility index (Phi) is 5.84. The van der Waals surface area contributed by atoms with Crippen LogP contribution < -0.4 is 18.9 Å². The topological polar surface area (TPSA) is 91.3 Å². The first-order chi connectivity index (χ1) is 13.5. The Hall–Kier alpha value is -3.48. The number of hydrogen-bond acceptors (Lipinski definition) is 6. The van der Waals surface area contributed by atoms with Gasteiger partial charge < -0.3 is 24.1 Å². The Morgan fingerprint density at radius 1 is 1.14 bits per heavy atom. The smallest absolute Gasteiger partial charge is 0.344 e. The van der Waals surface area contributed by atoms with Crippen LogP contribution in [0.25, 0.3) is 6.08 Å². The number of carboxylic acid groups (broad SMARTS) is 1. The first-order valence-corrected chi connectivity index (χ1v) is 8.67. The molecule has 2 aromatic rings. The van der Waals surface area contributed by atoms with Gasteiger partial charge in [-0.15, -0.1) is 0 Å². The summed E-state index contributed by atoms with van der Waals surface area (Å²) in [5, 5.41) is 8.86. The molecule has 0 amide bonds. The minimum Gasteiger partial charge on any atom is -0.493 e. The zero-order valence-electron chi connectivity index (χ0n) is 15.5. The van der Waals surface area contributed by atoms with Crippen molar-refractivity contribution in [1.82, 2.24) is 0 Å². The van der Waals surface area contributed by atoms with Gasteiger partial charge in [0.25, 0.3) is 0 Å². The lowest BCUT2D eigenvalue weighted by Crippen LogP contribution is -2.22. The van der Waals surface area contributed by atoms with E-state index in [1.54, 1.807) is 49.6 Å². The van der Waals surface area contributed by atoms with Crippen LogP contribution in [0.4, 0.5) is 0 Å². The lowest BCUT2D eigenvalue weighted by Gasteiger charge is -2.20. The van der Waals surface area contributed by atoms with Gasteiger partial charge in [-0.05, 0) is 55.0 Å². The first-order valence-electron chi connectivity index (χ1n) is 8.67. The number of allylic oxidation sites excluding steroid dienone is 1. The van der Waals surface area contributed by atoms with Crippen molar-refractivity contribution in [2.75, 3.05) is 20.3 Å². The number of rotatable bonds is 7. The van der Waals surface area contributed by atoms with Crippen molar-refractivity contribution in [3.05, 3.63) is 53.6 Å². The van der Waals surface area contributed by atoms with Crippen molar-refractivity contribution in [1.29, 1.82) is 0 Å². The predicted octanol–water partition coefficient (Wildman–Crippen LogP) is 3.21. The molecular weight excluding hydrogens is 364 g/mol. The molecule has 3 rings (SSSR count). The summed E-state index contributed by atoms with van der Waals surface area (Å²) in [5.74, 6) is 0.796. The highest BCUT2D eigenvalue weighted by atomic mass is 16.6. The van der Waals surface area contributed by atoms with Crippen LogP contribution in [0.3, 0.4) is 0 Å². The molecule has 0 fully saturated rings. The summed E-state index contributed by atoms with van der Waals surface area (Å²) in [6.45, 7) is 2.35. The molecule has 7 heteroatoms. The van der Waals surface area contributed by atoms with Crippen LogP contribution in [0.15, 0.2) is 42.5 Å². The molecule has 1 aliphatic heterocycles. The van der Waals surface area contributed by atoms with Gasteiger partial charge in [0.15, 0.2) is 23.4 Å². The highest BCUT2D eigenvalue weighted by Crippen LogP contribution is 2.40. The standard InChI is InChI=1S/C21H20O7/c1-13(21(23)24)28-16-6-4-15(5-7-16)17(22)8-3-14-11-18(25-2)20-19(12-14)26-9-10-27-20/h3-8,11-13H,9-10H2,1-2H3,(H,23,24)/b8-3+. The quantitative estimate of drug-likeness (QED) is 0.579. The van der Waals surface area contributed by atoms with Crippen LogP contribution >= 0.6 is 0 Å². The third-order valence-corrected chi connectivity index (χ3v) is 4.08. The van der Waals surface area contributed by atoms with Crippen LogP contribution in [0, 0.1) is 0 Å². The number of carbonyl (C=O) groups is 2. The molecular formula is C21H20O7. The molecule has 1 aliphatic rings. The van der Waals surface area contributed by atoms with E-state index < -0.39 is 12.1 Å². The van der Waals surface area contributed by atoms with Gasteiger partial charge in [-0.1, -0.05) is 6.08 Å². The molecule has 0 aliphatic carbocycles. The number of methoxy groups -OCH3 is 1. The number of hydrogen-bond donors (Lipinski definition) is 1. The minimum absolute atomic E-state index is 0.202. The molecule has 0 aromatic heterocycles. The van der Waals surface area contributed by atoms with Gasteiger partial charge in [0.2, 0.25) is 5.75 Å². The molecule has 1 atom stereocenters. The van der Waals surface area contributed by atoms with Crippen LogP contribution in [0.2, 0.25) is 0 Å². The fraction of sp³-hybridized carbons (Fsp3) is 0.238. The first kappa shape index (κ1) is 19.3. The maximum atomic E-state index is 12.4. The summed E-state index contributed by atoms with van der Waals surface area (Å²) in [4.78, 5) is 23.2. The van der Waals surface area contributed by atoms with Crippen molar-refractivity contribution < 1.29 is 33.6 Å². The molecule has 0 bridgehead atoms.